The second kappa shape index (κ2) is 11.6. The molecule has 11 rings (SSSR count). The van der Waals surface area contributed by atoms with Crippen LogP contribution < -0.4 is 0 Å². The third kappa shape index (κ3) is 4.44. The molecule has 0 atom stereocenters. The molecule has 2 nitrogen and oxygen atoms in total. The monoisotopic (exact) mass is 688 g/mol. The van der Waals surface area contributed by atoms with Gasteiger partial charge in [0.2, 0.25) is 0 Å². The standard InChI is InChI=1S/C52H36N2/c1-52(2)44-30-27-36(32-43(44)50-38-17-7-6-14-33(38)26-31-45(50)52)49-41-20-10-8-18-39(41)48(40-19-9-11-21-42(40)49)34-24-28-37(29-25-34)54-47-23-13-12-22-46(47)53-51(54)35-15-4-3-5-16-35/h3-32H,1-2H3. The molecule has 0 bridgehead atoms. The van der Waals surface area contributed by atoms with E-state index in [2.05, 4.69) is 200 Å². The van der Waals surface area contributed by atoms with Crippen molar-refractivity contribution in [3.8, 4) is 50.5 Å². The Morgan fingerprint density at radius 1 is 0.426 bits per heavy atom. The van der Waals surface area contributed by atoms with E-state index in [0.29, 0.717) is 0 Å². The number of nitrogens with zero attached hydrogens (tertiary/aromatic N) is 2. The smallest absolute Gasteiger partial charge is 0.145 e. The maximum absolute atomic E-state index is 5.08. The SMILES string of the molecule is CC1(C)c2ccc(-c3c4ccccc4c(-c4ccc(-n5c(-c6ccccc6)nc6ccccc65)cc4)c4ccccc34)cc2-c2c1ccc1ccccc21. The molecule has 0 radical (unpaired) electrons. The summed E-state index contributed by atoms with van der Waals surface area (Å²) in [7, 11) is 0. The highest BCUT2D eigenvalue weighted by Gasteiger charge is 2.36. The van der Waals surface area contributed by atoms with Crippen LogP contribution in [0, 0.1) is 0 Å². The number of fused-ring (bicyclic) bond motifs is 8. The highest BCUT2D eigenvalue weighted by Crippen LogP contribution is 2.53. The zero-order chi connectivity index (χ0) is 36.0. The Kier molecular flexibility index (Phi) is 6.63. The van der Waals surface area contributed by atoms with Crippen molar-refractivity contribution in [3.05, 3.63) is 193 Å². The van der Waals surface area contributed by atoms with E-state index in [1.165, 1.54) is 76.8 Å². The average Bonchev–Trinajstić information content (AvgIpc) is 3.72. The molecule has 54 heavy (non-hydrogen) atoms. The summed E-state index contributed by atoms with van der Waals surface area (Å²) in [6.45, 7) is 4.74. The van der Waals surface area contributed by atoms with Crippen molar-refractivity contribution in [1.82, 2.24) is 9.55 Å². The van der Waals surface area contributed by atoms with Gasteiger partial charge in [-0.05, 0) is 107 Å². The highest BCUT2D eigenvalue weighted by atomic mass is 15.1. The van der Waals surface area contributed by atoms with E-state index in [4.69, 9.17) is 4.98 Å². The Morgan fingerprint density at radius 3 is 1.69 bits per heavy atom. The molecule has 0 aliphatic heterocycles. The lowest BCUT2D eigenvalue weighted by Gasteiger charge is -2.22. The molecule has 0 unspecified atom stereocenters. The molecule has 0 N–H and O–H groups in total. The molecule has 10 aromatic rings. The molecule has 1 aliphatic rings. The number of para-hydroxylation sites is 2. The minimum absolute atomic E-state index is 0.0712. The van der Waals surface area contributed by atoms with E-state index < -0.39 is 0 Å². The lowest BCUT2D eigenvalue weighted by Crippen LogP contribution is -2.14. The van der Waals surface area contributed by atoms with Crippen molar-refractivity contribution in [1.29, 1.82) is 0 Å². The lowest BCUT2D eigenvalue weighted by atomic mass is 9.81. The van der Waals surface area contributed by atoms with Crippen molar-refractivity contribution in [2.45, 2.75) is 19.3 Å². The van der Waals surface area contributed by atoms with Gasteiger partial charge in [-0.15, -0.1) is 0 Å². The van der Waals surface area contributed by atoms with Gasteiger partial charge >= 0.3 is 0 Å². The molecule has 0 fully saturated rings. The van der Waals surface area contributed by atoms with Gasteiger partial charge in [0.15, 0.2) is 0 Å². The number of hydrogen-bond donors (Lipinski definition) is 0. The van der Waals surface area contributed by atoms with Gasteiger partial charge in [-0.2, -0.15) is 0 Å². The topological polar surface area (TPSA) is 17.8 Å². The first kappa shape index (κ1) is 30.8. The van der Waals surface area contributed by atoms with Crippen LogP contribution >= 0.6 is 0 Å². The Morgan fingerprint density at radius 2 is 0.981 bits per heavy atom. The van der Waals surface area contributed by atoms with Gasteiger partial charge in [0, 0.05) is 16.7 Å². The molecule has 0 spiro atoms. The van der Waals surface area contributed by atoms with Gasteiger partial charge in [0.25, 0.3) is 0 Å². The van der Waals surface area contributed by atoms with Crippen LogP contribution in [0.2, 0.25) is 0 Å². The molecule has 9 aromatic carbocycles. The maximum Gasteiger partial charge on any atom is 0.145 e. The summed E-state index contributed by atoms with van der Waals surface area (Å²) in [6, 6.07) is 66.5. The van der Waals surface area contributed by atoms with Crippen LogP contribution in [0.1, 0.15) is 25.0 Å². The molecule has 1 heterocycles. The Balaban J connectivity index is 1.11. The van der Waals surface area contributed by atoms with Crippen LogP contribution in [0.15, 0.2) is 182 Å². The van der Waals surface area contributed by atoms with Crippen LogP contribution in [-0.2, 0) is 5.41 Å². The summed E-state index contributed by atoms with van der Waals surface area (Å²) in [5, 5.41) is 7.64. The van der Waals surface area contributed by atoms with Crippen LogP contribution in [0.3, 0.4) is 0 Å². The highest BCUT2D eigenvalue weighted by molar-refractivity contribution is 6.21. The van der Waals surface area contributed by atoms with E-state index in [0.717, 1.165) is 28.1 Å². The molecule has 1 aliphatic carbocycles. The fourth-order valence-electron chi connectivity index (χ4n) is 9.28. The van der Waals surface area contributed by atoms with Crippen molar-refractivity contribution in [2.24, 2.45) is 0 Å². The summed E-state index contributed by atoms with van der Waals surface area (Å²) in [6.07, 6.45) is 0. The number of aromatic nitrogens is 2. The van der Waals surface area contributed by atoms with Gasteiger partial charge < -0.3 is 0 Å². The van der Waals surface area contributed by atoms with Gasteiger partial charge in [0.1, 0.15) is 5.82 Å². The predicted molar refractivity (Wildman–Crippen MR) is 227 cm³/mol. The van der Waals surface area contributed by atoms with E-state index in [9.17, 15) is 0 Å². The third-order valence-corrected chi connectivity index (χ3v) is 11.8. The summed E-state index contributed by atoms with van der Waals surface area (Å²) in [5.41, 5.74) is 14.7. The summed E-state index contributed by atoms with van der Waals surface area (Å²) in [5.74, 6) is 0.943. The van der Waals surface area contributed by atoms with Gasteiger partial charge in [-0.3, -0.25) is 4.57 Å². The van der Waals surface area contributed by atoms with Crippen LogP contribution in [0.4, 0.5) is 0 Å². The molecular formula is C52H36N2. The zero-order valence-corrected chi connectivity index (χ0v) is 30.2. The van der Waals surface area contributed by atoms with Crippen molar-refractivity contribution in [2.75, 3.05) is 0 Å². The molecule has 1 aromatic heterocycles. The number of benzene rings is 9. The summed E-state index contributed by atoms with van der Waals surface area (Å²) < 4.78 is 2.28. The minimum Gasteiger partial charge on any atom is -0.292 e. The summed E-state index contributed by atoms with van der Waals surface area (Å²) >= 11 is 0. The van der Waals surface area contributed by atoms with Crippen LogP contribution in [-0.4, -0.2) is 9.55 Å². The largest absolute Gasteiger partial charge is 0.292 e. The third-order valence-electron chi connectivity index (χ3n) is 11.8. The van der Waals surface area contributed by atoms with Crippen LogP contribution in [0.25, 0.3) is 93.8 Å². The van der Waals surface area contributed by atoms with E-state index in [-0.39, 0.29) is 5.41 Å². The second-order valence-corrected chi connectivity index (χ2v) is 15.1. The second-order valence-electron chi connectivity index (χ2n) is 15.1. The van der Waals surface area contributed by atoms with Gasteiger partial charge in [-0.1, -0.05) is 166 Å². The Hall–Kier alpha value is -6.77. The molecule has 0 saturated carbocycles. The van der Waals surface area contributed by atoms with Gasteiger partial charge in [-0.25, -0.2) is 4.98 Å². The predicted octanol–water partition coefficient (Wildman–Crippen LogP) is 13.8. The first-order chi connectivity index (χ1) is 26.6. The molecule has 2 heteroatoms. The normalized spacial score (nSPS) is 13.1. The minimum atomic E-state index is -0.0712. The molecule has 254 valence electrons. The molecule has 0 amide bonds. The van der Waals surface area contributed by atoms with Gasteiger partial charge in [0.05, 0.1) is 11.0 Å². The van der Waals surface area contributed by atoms with Crippen molar-refractivity contribution in [3.63, 3.8) is 0 Å². The maximum atomic E-state index is 5.08. The number of rotatable bonds is 4. The molecule has 0 saturated heterocycles. The van der Waals surface area contributed by atoms with Crippen molar-refractivity contribution < 1.29 is 0 Å². The quantitative estimate of drug-likeness (QED) is 0.168. The van der Waals surface area contributed by atoms with Crippen LogP contribution in [0.5, 0.6) is 0 Å². The fraction of sp³-hybridized carbons (Fsp3) is 0.0577. The lowest BCUT2D eigenvalue weighted by molar-refractivity contribution is 0.661. The first-order valence-corrected chi connectivity index (χ1v) is 18.8. The van der Waals surface area contributed by atoms with E-state index in [1.807, 2.05) is 0 Å². The Bertz CT molecular complexity index is 3050. The molecular weight excluding hydrogens is 653 g/mol. The first-order valence-electron chi connectivity index (χ1n) is 18.8. The fourth-order valence-corrected chi connectivity index (χ4v) is 9.28. The van der Waals surface area contributed by atoms with Crippen molar-refractivity contribution >= 4 is 43.4 Å². The number of imidazole rings is 1. The summed E-state index contributed by atoms with van der Waals surface area (Å²) in [4.78, 5) is 5.08. The van der Waals surface area contributed by atoms with E-state index in [1.54, 1.807) is 0 Å². The zero-order valence-electron chi connectivity index (χ0n) is 30.2. The number of hydrogen-bond acceptors (Lipinski definition) is 1. The average molecular weight is 689 g/mol. The van der Waals surface area contributed by atoms with E-state index >= 15 is 0 Å². The Labute approximate surface area is 314 Å².